The number of hydrogen-bond acceptors (Lipinski definition) is 3. The summed E-state index contributed by atoms with van der Waals surface area (Å²) in [5.74, 6) is -1.70. The van der Waals surface area contributed by atoms with Gasteiger partial charge in [-0.3, -0.25) is 0 Å². The van der Waals surface area contributed by atoms with Crippen molar-refractivity contribution in [1.82, 2.24) is 0 Å². The first-order valence-corrected chi connectivity index (χ1v) is 7.74. The quantitative estimate of drug-likeness (QED) is 0.879. The lowest BCUT2D eigenvalue weighted by molar-refractivity contribution is 0.0696. The average Bonchev–Trinajstić information content (AvgIpc) is 2.28. The monoisotopic (exact) mass is 372 g/mol. The van der Waals surface area contributed by atoms with Gasteiger partial charge in [0.15, 0.2) is 9.84 Å². The molecule has 0 radical (unpaired) electrons. The third kappa shape index (κ3) is 3.71. The molecule has 0 saturated carbocycles. The molecule has 0 aliphatic heterocycles. The number of rotatable bonds is 4. The van der Waals surface area contributed by atoms with Crippen LogP contribution >= 0.6 is 39.1 Å². The first kappa shape index (κ1) is 15.5. The zero-order chi connectivity index (χ0) is 13.9. The Hall–Kier alpha value is -0.560. The molecule has 98 valence electrons. The average molecular weight is 374 g/mol. The van der Waals surface area contributed by atoms with E-state index in [9.17, 15) is 13.2 Å². The van der Waals surface area contributed by atoms with Crippen LogP contribution in [0.25, 0.3) is 0 Å². The Balaban J connectivity index is 3.32. The van der Waals surface area contributed by atoms with Crippen LogP contribution in [0.5, 0.6) is 0 Å². The number of benzene rings is 1. The molecule has 8 heteroatoms. The molecule has 18 heavy (non-hydrogen) atoms. The topological polar surface area (TPSA) is 71.4 Å². The summed E-state index contributed by atoms with van der Waals surface area (Å²) in [4.78, 5) is 10.7. The first-order valence-electron chi connectivity index (χ1n) is 4.48. The molecule has 0 spiro atoms. The van der Waals surface area contributed by atoms with E-state index in [0.29, 0.717) is 0 Å². The summed E-state index contributed by atoms with van der Waals surface area (Å²) in [6.07, 6.45) is 0. The SMILES string of the molecule is O=C(O)c1ccc(Br)c(S(=O)(=O)CC(Cl)=CCl)c1. The van der Waals surface area contributed by atoms with Crippen LogP contribution in [0.15, 0.2) is 38.1 Å². The molecule has 0 aromatic heterocycles. The predicted molar refractivity (Wildman–Crippen MR) is 72.9 cm³/mol. The minimum atomic E-state index is -3.75. The van der Waals surface area contributed by atoms with Crippen molar-refractivity contribution in [3.63, 3.8) is 0 Å². The van der Waals surface area contributed by atoms with Crippen molar-refractivity contribution in [3.8, 4) is 0 Å². The largest absolute Gasteiger partial charge is 0.478 e. The number of aromatic carboxylic acids is 1. The Bertz CT molecular complexity index is 610. The number of carbonyl (C=O) groups is 1. The van der Waals surface area contributed by atoms with Crippen molar-refractivity contribution in [1.29, 1.82) is 0 Å². The fraction of sp³-hybridized carbons (Fsp3) is 0.100. The molecule has 4 nitrogen and oxygen atoms in total. The summed E-state index contributed by atoms with van der Waals surface area (Å²) in [5, 5.41) is 8.77. The van der Waals surface area contributed by atoms with Gasteiger partial charge in [0.1, 0.15) is 0 Å². The normalized spacial score (nSPS) is 12.5. The summed E-state index contributed by atoms with van der Waals surface area (Å²) in [5.41, 5.74) is 0.830. The van der Waals surface area contributed by atoms with Crippen LogP contribution < -0.4 is 0 Å². The zero-order valence-electron chi connectivity index (χ0n) is 8.73. The van der Waals surface area contributed by atoms with Gasteiger partial charge in [-0.25, -0.2) is 13.2 Å². The maximum Gasteiger partial charge on any atom is 0.335 e. The highest BCUT2D eigenvalue weighted by atomic mass is 79.9. The lowest BCUT2D eigenvalue weighted by atomic mass is 10.2. The Labute approximate surface area is 122 Å². The number of halogens is 3. The minimum absolute atomic E-state index is 0.0516. The zero-order valence-corrected chi connectivity index (χ0v) is 12.6. The second kappa shape index (κ2) is 6.06. The van der Waals surface area contributed by atoms with E-state index in [1.54, 1.807) is 0 Å². The van der Waals surface area contributed by atoms with Crippen LogP contribution in [0.1, 0.15) is 10.4 Å². The van der Waals surface area contributed by atoms with Crippen LogP contribution in [0.4, 0.5) is 0 Å². The number of sulfone groups is 1. The van der Waals surface area contributed by atoms with Gasteiger partial charge in [-0.15, -0.1) is 0 Å². The summed E-state index contributed by atoms with van der Waals surface area (Å²) < 4.78 is 24.3. The Morgan fingerprint density at radius 1 is 1.44 bits per heavy atom. The fourth-order valence-corrected chi connectivity index (χ4v) is 4.03. The van der Waals surface area contributed by atoms with E-state index in [0.717, 1.165) is 11.6 Å². The Kier molecular flexibility index (Phi) is 5.21. The van der Waals surface area contributed by atoms with Crippen LogP contribution in [0, 0.1) is 0 Å². The van der Waals surface area contributed by atoms with Crippen molar-refractivity contribution < 1.29 is 18.3 Å². The van der Waals surface area contributed by atoms with Gasteiger partial charge in [-0.1, -0.05) is 23.2 Å². The van der Waals surface area contributed by atoms with E-state index in [-0.39, 0.29) is 20.0 Å². The van der Waals surface area contributed by atoms with E-state index in [1.807, 2.05) is 0 Å². The molecule has 0 aliphatic carbocycles. The fourth-order valence-electron chi connectivity index (χ4n) is 1.17. The number of hydrogen-bond donors (Lipinski definition) is 1. The Morgan fingerprint density at radius 2 is 2.06 bits per heavy atom. The van der Waals surface area contributed by atoms with Crippen LogP contribution in [0.3, 0.4) is 0 Å². The Morgan fingerprint density at radius 3 is 2.56 bits per heavy atom. The van der Waals surface area contributed by atoms with Gasteiger partial charge in [0.2, 0.25) is 0 Å². The van der Waals surface area contributed by atoms with Crippen LogP contribution in [-0.4, -0.2) is 25.2 Å². The van der Waals surface area contributed by atoms with Gasteiger partial charge in [0, 0.05) is 15.0 Å². The summed E-state index contributed by atoms with van der Waals surface area (Å²) >= 11 is 13.9. The molecule has 0 fully saturated rings. The highest BCUT2D eigenvalue weighted by Gasteiger charge is 2.21. The first-order chi connectivity index (χ1) is 8.27. The molecule has 0 unspecified atom stereocenters. The maximum atomic E-state index is 12.0. The molecule has 0 bridgehead atoms. The number of carboxylic acids is 1. The molecule has 0 amide bonds. The van der Waals surface area contributed by atoms with Crippen molar-refractivity contribution >= 4 is 54.9 Å². The molecule has 0 aliphatic rings. The van der Waals surface area contributed by atoms with Crippen LogP contribution in [0.2, 0.25) is 0 Å². The third-order valence-electron chi connectivity index (χ3n) is 1.96. The van der Waals surface area contributed by atoms with Crippen molar-refractivity contribution in [3.05, 3.63) is 38.8 Å². The molecular weight excluding hydrogens is 367 g/mol. The van der Waals surface area contributed by atoms with Crippen molar-refractivity contribution in [2.24, 2.45) is 0 Å². The van der Waals surface area contributed by atoms with E-state index in [2.05, 4.69) is 15.9 Å². The third-order valence-corrected chi connectivity index (χ3v) is 5.39. The second-order valence-corrected chi connectivity index (χ2v) is 6.78. The standard InChI is InChI=1S/C10H7BrCl2O4S/c11-8-2-1-6(10(14)15)3-9(8)18(16,17)5-7(13)4-12/h1-4H,5H2,(H,14,15). The highest BCUT2D eigenvalue weighted by molar-refractivity contribution is 9.10. The molecular formula is C10H7BrCl2O4S. The van der Waals surface area contributed by atoms with Gasteiger partial charge in [0.25, 0.3) is 0 Å². The van der Waals surface area contributed by atoms with E-state index >= 15 is 0 Å². The van der Waals surface area contributed by atoms with E-state index in [4.69, 9.17) is 28.3 Å². The van der Waals surface area contributed by atoms with Gasteiger partial charge < -0.3 is 5.11 Å². The van der Waals surface area contributed by atoms with E-state index < -0.39 is 21.6 Å². The molecule has 0 heterocycles. The maximum absolute atomic E-state index is 12.0. The van der Waals surface area contributed by atoms with Gasteiger partial charge >= 0.3 is 5.97 Å². The van der Waals surface area contributed by atoms with Crippen molar-refractivity contribution in [2.75, 3.05) is 5.75 Å². The lowest BCUT2D eigenvalue weighted by Crippen LogP contribution is -2.09. The smallest absolute Gasteiger partial charge is 0.335 e. The van der Waals surface area contributed by atoms with Gasteiger partial charge in [0.05, 0.1) is 16.2 Å². The molecule has 1 aromatic rings. The van der Waals surface area contributed by atoms with Crippen LogP contribution in [-0.2, 0) is 9.84 Å². The molecule has 1 rings (SSSR count). The number of carboxylic acid groups (broad SMARTS) is 1. The molecule has 1 aromatic carbocycles. The van der Waals surface area contributed by atoms with Crippen molar-refractivity contribution in [2.45, 2.75) is 4.90 Å². The lowest BCUT2D eigenvalue weighted by Gasteiger charge is -2.07. The molecule has 0 atom stereocenters. The molecule has 0 saturated heterocycles. The predicted octanol–water partition coefficient (Wildman–Crippen LogP) is 3.24. The summed E-state index contributed by atoms with van der Waals surface area (Å²) in [6.45, 7) is 0. The summed E-state index contributed by atoms with van der Waals surface area (Å²) in [6, 6.07) is 3.72. The molecule has 1 N–H and O–H groups in total. The van der Waals surface area contributed by atoms with Gasteiger partial charge in [-0.2, -0.15) is 0 Å². The highest BCUT2D eigenvalue weighted by Crippen LogP contribution is 2.26. The minimum Gasteiger partial charge on any atom is -0.478 e. The second-order valence-electron chi connectivity index (χ2n) is 3.27. The summed E-state index contributed by atoms with van der Waals surface area (Å²) in [7, 11) is -3.75. The van der Waals surface area contributed by atoms with E-state index in [1.165, 1.54) is 12.1 Å². The van der Waals surface area contributed by atoms with Gasteiger partial charge in [-0.05, 0) is 34.1 Å².